The Balaban J connectivity index is 1.24. The Kier molecular flexibility index (Phi) is 4.82. The first-order valence-corrected chi connectivity index (χ1v) is 10.3. The third kappa shape index (κ3) is 3.34. The highest BCUT2D eigenvalue weighted by atomic mass is 16.2. The molecule has 4 nitrogen and oxygen atoms in total. The van der Waals surface area contributed by atoms with E-state index in [0.29, 0.717) is 30.8 Å². The maximum absolute atomic E-state index is 12.7. The Morgan fingerprint density at radius 1 is 0.875 bits per heavy atom. The van der Waals surface area contributed by atoms with Gasteiger partial charge in [-0.05, 0) is 62.7 Å². The van der Waals surface area contributed by atoms with Crippen LogP contribution in [0.15, 0.2) is 0 Å². The maximum atomic E-state index is 12.7. The molecule has 4 aliphatic rings. The first kappa shape index (κ1) is 16.4. The number of amides is 2. The van der Waals surface area contributed by atoms with Crippen LogP contribution >= 0.6 is 0 Å². The topological polar surface area (TPSA) is 49.4 Å². The van der Waals surface area contributed by atoms with Crippen molar-refractivity contribution in [2.24, 2.45) is 17.8 Å². The average molecular weight is 332 g/mol. The molecule has 3 saturated carbocycles. The average Bonchev–Trinajstić information content (AvgIpc) is 3.22. The van der Waals surface area contributed by atoms with Crippen molar-refractivity contribution in [2.75, 3.05) is 6.54 Å². The lowest BCUT2D eigenvalue weighted by molar-refractivity contribution is -0.139. The van der Waals surface area contributed by atoms with Crippen LogP contribution in [0.5, 0.6) is 0 Å². The van der Waals surface area contributed by atoms with Crippen molar-refractivity contribution in [2.45, 2.75) is 89.1 Å². The second kappa shape index (κ2) is 7.05. The zero-order valence-corrected chi connectivity index (χ0v) is 14.8. The quantitative estimate of drug-likeness (QED) is 0.859. The Morgan fingerprint density at radius 2 is 1.71 bits per heavy atom. The molecular weight excluding hydrogens is 300 g/mol. The highest BCUT2D eigenvalue weighted by Gasteiger charge is 2.40. The van der Waals surface area contributed by atoms with E-state index in [2.05, 4.69) is 10.2 Å². The molecule has 4 heteroatoms. The first-order chi connectivity index (χ1) is 11.7. The summed E-state index contributed by atoms with van der Waals surface area (Å²) < 4.78 is 0. The van der Waals surface area contributed by atoms with Crippen LogP contribution in [0.1, 0.15) is 77.0 Å². The maximum Gasteiger partial charge on any atom is 0.223 e. The van der Waals surface area contributed by atoms with Gasteiger partial charge in [0.1, 0.15) is 0 Å². The van der Waals surface area contributed by atoms with Crippen LogP contribution in [0, 0.1) is 17.8 Å². The summed E-state index contributed by atoms with van der Waals surface area (Å²) in [6.45, 7) is 0.911. The molecule has 0 radical (unpaired) electrons. The minimum absolute atomic E-state index is 0.0955. The van der Waals surface area contributed by atoms with Crippen molar-refractivity contribution in [3.05, 3.63) is 0 Å². The molecule has 2 amide bonds. The van der Waals surface area contributed by atoms with Crippen LogP contribution < -0.4 is 5.32 Å². The Bertz CT molecular complexity index is 490. The first-order valence-electron chi connectivity index (χ1n) is 10.3. The van der Waals surface area contributed by atoms with E-state index in [9.17, 15) is 9.59 Å². The minimum atomic E-state index is 0.0955. The van der Waals surface area contributed by atoms with Gasteiger partial charge in [-0.3, -0.25) is 9.59 Å². The summed E-state index contributed by atoms with van der Waals surface area (Å²) in [6, 6.07) is 0.859. The fourth-order valence-corrected chi connectivity index (χ4v) is 6.00. The lowest BCUT2D eigenvalue weighted by atomic mass is 9.78. The number of nitrogens with zero attached hydrogens (tertiary/aromatic N) is 1. The van der Waals surface area contributed by atoms with Crippen LogP contribution in [0.25, 0.3) is 0 Å². The number of hydrogen-bond donors (Lipinski definition) is 1. The number of hydrogen-bond acceptors (Lipinski definition) is 2. The van der Waals surface area contributed by atoms with Crippen molar-refractivity contribution in [3.8, 4) is 0 Å². The van der Waals surface area contributed by atoms with Gasteiger partial charge in [-0.25, -0.2) is 0 Å². The van der Waals surface area contributed by atoms with E-state index in [4.69, 9.17) is 0 Å². The molecule has 5 unspecified atom stereocenters. The van der Waals surface area contributed by atoms with Crippen molar-refractivity contribution in [1.82, 2.24) is 10.2 Å². The molecule has 134 valence electrons. The van der Waals surface area contributed by atoms with Crippen LogP contribution in [-0.4, -0.2) is 35.3 Å². The number of nitrogens with one attached hydrogen (secondary N) is 1. The summed E-state index contributed by atoms with van der Waals surface area (Å²) in [4.78, 5) is 27.1. The molecule has 1 N–H and O–H groups in total. The van der Waals surface area contributed by atoms with Gasteiger partial charge in [0, 0.05) is 31.5 Å². The van der Waals surface area contributed by atoms with E-state index in [1.54, 1.807) is 0 Å². The molecule has 0 aromatic rings. The van der Waals surface area contributed by atoms with Crippen molar-refractivity contribution >= 4 is 11.8 Å². The van der Waals surface area contributed by atoms with Crippen LogP contribution in [-0.2, 0) is 9.59 Å². The van der Waals surface area contributed by atoms with Gasteiger partial charge in [-0.1, -0.05) is 19.3 Å². The van der Waals surface area contributed by atoms with Crippen molar-refractivity contribution in [3.63, 3.8) is 0 Å². The molecule has 0 aromatic carbocycles. The molecule has 1 heterocycles. The van der Waals surface area contributed by atoms with E-state index < -0.39 is 0 Å². The second-order valence-corrected chi connectivity index (χ2v) is 8.69. The predicted molar refractivity (Wildman–Crippen MR) is 93.3 cm³/mol. The normalized spacial score (nSPS) is 38.0. The molecule has 4 rings (SSSR count). The molecule has 1 saturated heterocycles. The van der Waals surface area contributed by atoms with Gasteiger partial charge >= 0.3 is 0 Å². The summed E-state index contributed by atoms with van der Waals surface area (Å²) in [5, 5.41) is 3.22. The lowest BCUT2D eigenvalue weighted by Crippen LogP contribution is -2.49. The monoisotopic (exact) mass is 332 g/mol. The number of piperidine rings is 1. The molecular formula is C20H32N2O2. The summed E-state index contributed by atoms with van der Waals surface area (Å²) in [5.41, 5.74) is 0. The standard InChI is InChI=1S/C20H32N2O2/c23-19(21-17-13-14-7-8-16(17)12-14)9-10-20(24)22-11-3-5-15-4-1-2-6-18(15)22/h14-18H,1-13H2,(H,21,23). The molecule has 0 spiro atoms. The van der Waals surface area contributed by atoms with E-state index in [-0.39, 0.29) is 11.8 Å². The summed E-state index contributed by atoms with van der Waals surface area (Å²) in [5.74, 6) is 2.59. The van der Waals surface area contributed by atoms with Crippen LogP contribution in [0.3, 0.4) is 0 Å². The number of rotatable bonds is 4. The lowest BCUT2D eigenvalue weighted by Gasteiger charge is -2.44. The SMILES string of the molecule is O=C(CCC(=O)N1CCCC2CCCCC21)NC1CC2CCC1C2. The van der Waals surface area contributed by atoms with Crippen LogP contribution in [0.2, 0.25) is 0 Å². The molecule has 0 aromatic heterocycles. The van der Waals surface area contributed by atoms with Gasteiger partial charge in [-0.2, -0.15) is 0 Å². The van der Waals surface area contributed by atoms with Crippen molar-refractivity contribution in [1.29, 1.82) is 0 Å². The van der Waals surface area contributed by atoms with E-state index in [1.165, 1.54) is 57.8 Å². The fourth-order valence-electron chi connectivity index (χ4n) is 6.00. The number of carbonyl (C=O) groups is 2. The number of likely N-dealkylation sites (tertiary alicyclic amines) is 1. The minimum Gasteiger partial charge on any atom is -0.353 e. The van der Waals surface area contributed by atoms with Crippen LogP contribution in [0.4, 0.5) is 0 Å². The summed E-state index contributed by atoms with van der Waals surface area (Å²) >= 11 is 0. The van der Waals surface area contributed by atoms with Gasteiger partial charge in [0.15, 0.2) is 0 Å². The Hall–Kier alpha value is -1.06. The molecule has 1 aliphatic heterocycles. The summed E-state index contributed by atoms with van der Waals surface area (Å²) in [7, 11) is 0. The molecule has 24 heavy (non-hydrogen) atoms. The number of carbonyl (C=O) groups excluding carboxylic acids is 2. The van der Waals surface area contributed by atoms with Gasteiger partial charge in [0.05, 0.1) is 0 Å². The zero-order valence-electron chi connectivity index (χ0n) is 14.8. The third-order valence-corrected chi connectivity index (χ3v) is 7.21. The Morgan fingerprint density at radius 3 is 2.50 bits per heavy atom. The molecule has 4 fully saturated rings. The molecule has 5 atom stereocenters. The highest BCUT2D eigenvalue weighted by Crippen LogP contribution is 2.44. The Labute approximate surface area is 145 Å². The largest absolute Gasteiger partial charge is 0.353 e. The highest BCUT2D eigenvalue weighted by molar-refractivity contribution is 5.84. The third-order valence-electron chi connectivity index (χ3n) is 7.21. The van der Waals surface area contributed by atoms with E-state index in [1.807, 2.05) is 0 Å². The zero-order chi connectivity index (χ0) is 16.5. The van der Waals surface area contributed by atoms with Gasteiger partial charge in [0.25, 0.3) is 0 Å². The van der Waals surface area contributed by atoms with Crippen molar-refractivity contribution < 1.29 is 9.59 Å². The molecule has 3 aliphatic carbocycles. The smallest absolute Gasteiger partial charge is 0.223 e. The number of fused-ring (bicyclic) bond motifs is 3. The fraction of sp³-hybridized carbons (Fsp3) is 0.900. The predicted octanol–water partition coefficient (Wildman–Crippen LogP) is 3.25. The van der Waals surface area contributed by atoms with Gasteiger partial charge in [-0.15, -0.1) is 0 Å². The van der Waals surface area contributed by atoms with Gasteiger partial charge in [0.2, 0.25) is 11.8 Å². The molecule has 2 bridgehead atoms. The second-order valence-electron chi connectivity index (χ2n) is 8.69. The van der Waals surface area contributed by atoms with E-state index >= 15 is 0 Å². The van der Waals surface area contributed by atoms with E-state index in [0.717, 1.165) is 24.8 Å². The summed E-state index contributed by atoms with van der Waals surface area (Å²) in [6.07, 6.45) is 13.4. The van der Waals surface area contributed by atoms with Gasteiger partial charge < -0.3 is 10.2 Å².